The van der Waals surface area contributed by atoms with Crippen LogP contribution in [0.2, 0.25) is 0 Å². The van der Waals surface area contributed by atoms with Gasteiger partial charge in [-0.05, 0) is 39.2 Å². The second-order valence-electron chi connectivity index (χ2n) is 7.88. The van der Waals surface area contributed by atoms with E-state index in [4.69, 9.17) is 9.73 Å². The summed E-state index contributed by atoms with van der Waals surface area (Å²) in [6, 6.07) is 0. The van der Waals surface area contributed by atoms with Gasteiger partial charge in [0, 0.05) is 46.4 Å². The lowest BCUT2D eigenvalue weighted by atomic mass is 10.1. The van der Waals surface area contributed by atoms with Crippen molar-refractivity contribution in [1.82, 2.24) is 29.9 Å². The van der Waals surface area contributed by atoms with Crippen LogP contribution in [0, 0.1) is 12.8 Å². The van der Waals surface area contributed by atoms with Crippen LogP contribution in [-0.4, -0.2) is 89.2 Å². The van der Waals surface area contributed by atoms with Crippen molar-refractivity contribution < 1.29 is 17.9 Å². The molecule has 2 rings (SSSR count). The van der Waals surface area contributed by atoms with Gasteiger partial charge in [0.25, 0.3) is 0 Å². The fourth-order valence-electron chi connectivity index (χ4n) is 3.62. The highest BCUT2D eigenvalue weighted by Gasteiger charge is 2.33. The maximum atomic E-state index is 12.8. The van der Waals surface area contributed by atoms with E-state index in [9.17, 15) is 13.2 Å². The van der Waals surface area contributed by atoms with Crippen molar-refractivity contribution in [3.8, 4) is 0 Å². The summed E-state index contributed by atoms with van der Waals surface area (Å²) in [5, 5.41) is 11.6. The quantitative estimate of drug-likeness (QED) is 0.190. The van der Waals surface area contributed by atoms with Crippen molar-refractivity contribution in [2.45, 2.75) is 46.3 Å². The lowest BCUT2D eigenvalue weighted by Gasteiger charge is -2.26. The Morgan fingerprint density at radius 2 is 2.06 bits per heavy atom. The summed E-state index contributed by atoms with van der Waals surface area (Å²) in [7, 11) is 1.90. The summed E-state index contributed by atoms with van der Waals surface area (Å²) in [5.41, 5.74) is 0. The number of aromatic nitrogens is 3. The molecule has 8 nitrogen and oxygen atoms in total. The first-order valence-corrected chi connectivity index (χ1v) is 11.0. The summed E-state index contributed by atoms with van der Waals surface area (Å²) >= 11 is 0. The van der Waals surface area contributed by atoms with E-state index in [-0.39, 0.29) is 29.9 Å². The summed E-state index contributed by atoms with van der Waals surface area (Å²) in [4.78, 5) is 8.34. The first-order chi connectivity index (χ1) is 14.7. The van der Waals surface area contributed by atoms with Gasteiger partial charge in [-0.3, -0.25) is 4.90 Å². The third kappa shape index (κ3) is 9.77. The van der Waals surface area contributed by atoms with E-state index in [0.29, 0.717) is 45.9 Å². The van der Waals surface area contributed by atoms with Crippen molar-refractivity contribution in [1.29, 1.82) is 0 Å². The largest absolute Gasteiger partial charge is 0.401 e. The standard InChI is InChI=1S/C20H36F3N7O.HI/c1-5-29(15-20(21,22)23)13-17-8-10-30(14-17)19(24-9-7-11-31-6-2)25-12-18-27-26-16(3)28(18)4;/h17H,5-15H2,1-4H3,(H,24,25);1H. The van der Waals surface area contributed by atoms with Crippen molar-refractivity contribution in [2.75, 3.05) is 52.5 Å². The highest BCUT2D eigenvalue weighted by molar-refractivity contribution is 14.0. The number of aryl methyl sites for hydroxylation is 1. The number of rotatable bonds is 11. The molecule has 12 heteroatoms. The predicted molar refractivity (Wildman–Crippen MR) is 129 cm³/mol. The van der Waals surface area contributed by atoms with Gasteiger partial charge < -0.3 is 19.5 Å². The van der Waals surface area contributed by atoms with Crippen LogP contribution in [-0.2, 0) is 18.3 Å². The zero-order valence-corrected chi connectivity index (χ0v) is 21.8. The van der Waals surface area contributed by atoms with E-state index in [1.165, 1.54) is 4.90 Å². The van der Waals surface area contributed by atoms with Crippen molar-refractivity contribution >= 4 is 29.9 Å². The number of nitrogens with one attached hydrogen (secondary N) is 1. The molecule has 0 aliphatic carbocycles. The minimum Gasteiger partial charge on any atom is -0.382 e. The molecule has 0 saturated carbocycles. The van der Waals surface area contributed by atoms with Crippen molar-refractivity contribution in [2.24, 2.45) is 18.0 Å². The Morgan fingerprint density at radius 3 is 2.66 bits per heavy atom. The topological polar surface area (TPSA) is 70.8 Å². The van der Waals surface area contributed by atoms with E-state index in [0.717, 1.165) is 37.0 Å². The summed E-state index contributed by atoms with van der Waals surface area (Å²) in [6.07, 6.45) is -2.48. The highest BCUT2D eigenvalue weighted by atomic mass is 127. The van der Waals surface area contributed by atoms with Gasteiger partial charge in [0.1, 0.15) is 12.4 Å². The lowest BCUT2D eigenvalue weighted by molar-refractivity contribution is -0.146. The number of hydrogen-bond acceptors (Lipinski definition) is 5. The number of guanidine groups is 1. The van der Waals surface area contributed by atoms with Crippen LogP contribution in [0.1, 0.15) is 38.3 Å². The molecule has 1 unspecified atom stereocenters. The maximum Gasteiger partial charge on any atom is 0.401 e. The Balaban J connectivity index is 0.00000512. The molecule has 0 amide bonds. The average molecular weight is 575 g/mol. The Morgan fingerprint density at radius 1 is 1.31 bits per heavy atom. The minimum absolute atomic E-state index is 0. The zero-order valence-electron chi connectivity index (χ0n) is 19.5. The molecule has 1 aromatic rings. The highest BCUT2D eigenvalue weighted by Crippen LogP contribution is 2.21. The third-order valence-electron chi connectivity index (χ3n) is 5.46. The molecule has 1 aliphatic rings. The fourth-order valence-corrected chi connectivity index (χ4v) is 3.62. The van der Waals surface area contributed by atoms with Gasteiger partial charge in [-0.25, -0.2) is 4.99 Å². The van der Waals surface area contributed by atoms with Crippen LogP contribution < -0.4 is 5.32 Å². The summed E-state index contributed by atoms with van der Waals surface area (Å²) in [5.74, 6) is 2.53. The molecule has 0 radical (unpaired) electrons. The predicted octanol–water partition coefficient (Wildman–Crippen LogP) is 2.82. The Hall–Kier alpha value is -1.15. The van der Waals surface area contributed by atoms with Crippen LogP contribution >= 0.6 is 24.0 Å². The van der Waals surface area contributed by atoms with Gasteiger partial charge in [0.2, 0.25) is 0 Å². The van der Waals surface area contributed by atoms with Crippen molar-refractivity contribution in [3.63, 3.8) is 0 Å². The normalized spacial score (nSPS) is 17.2. The Kier molecular flexibility index (Phi) is 12.8. The van der Waals surface area contributed by atoms with Gasteiger partial charge in [-0.2, -0.15) is 13.2 Å². The fraction of sp³-hybridized carbons (Fsp3) is 0.850. The van der Waals surface area contributed by atoms with Crippen LogP contribution in [0.5, 0.6) is 0 Å². The monoisotopic (exact) mass is 575 g/mol. The number of ether oxygens (including phenoxy) is 1. The number of aliphatic imine (C=N–C) groups is 1. The Labute approximate surface area is 206 Å². The molecule has 1 atom stereocenters. The molecule has 0 bridgehead atoms. The number of likely N-dealkylation sites (tertiary alicyclic amines) is 1. The van der Waals surface area contributed by atoms with E-state index in [1.807, 2.05) is 25.5 Å². The molecule has 1 aromatic heterocycles. The second-order valence-corrected chi connectivity index (χ2v) is 7.88. The molecule has 1 fully saturated rings. The second kappa shape index (κ2) is 14.2. The first-order valence-electron chi connectivity index (χ1n) is 11.0. The Bertz CT molecular complexity index is 699. The van der Waals surface area contributed by atoms with E-state index < -0.39 is 12.7 Å². The SMILES string of the molecule is CCOCCCNC(=NCc1nnc(C)n1C)N1CCC(CN(CC)CC(F)(F)F)C1.I. The molecule has 186 valence electrons. The number of nitrogens with zero attached hydrogens (tertiary/aromatic N) is 6. The van der Waals surface area contributed by atoms with Gasteiger partial charge in [-0.15, -0.1) is 34.2 Å². The zero-order chi connectivity index (χ0) is 22.9. The number of halogens is 4. The lowest BCUT2D eigenvalue weighted by Crippen LogP contribution is -2.42. The van der Waals surface area contributed by atoms with Crippen LogP contribution in [0.15, 0.2) is 4.99 Å². The third-order valence-corrected chi connectivity index (χ3v) is 5.46. The average Bonchev–Trinajstić information content (AvgIpc) is 3.30. The molecule has 0 aromatic carbocycles. The van der Waals surface area contributed by atoms with Crippen LogP contribution in [0.3, 0.4) is 0 Å². The molecule has 1 aliphatic heterocycles. The molecular formula is C20H37F3IN7O. The molecular weight excluding hydrogens is 538 g/mol. The van der Waals surface area contributed by atoms with Gasteiger partial charge >= 0.3 is 6.18 Å². The van der Waals surface area contributed by atoms with Crippen LogP contribution in [0.25, 0.3) is 0 Å². The molecule has 32 heavy (non-hydrogen) atoms. The van der Waals surface area contributed by atoms with E-state index in [2.05, 4.69) is 20.4 Å². The first kappa shape index (κ1) is 28.9. The maximum absolute atomic E-state index is 12.8. The smallest absolute Gasteiger partial charge is 0.382 e. The number of hydrogen-bond donors (Lipinski definition) is 1. The van der Waals surface area contributed by atoms with Gasteiger partial charge in [-0.1, -0.05) is 6.92 Å². The number of alkyl halides is 3. The van der Waals surface area contributed by atoms with Gasteiger partial charge in [0.15, 0.2) is 11.8 Å². The van der Waals surface area contributed by atoms with Gasteiger partial charge in [0.05, 0.1) is 6.54 Å². The van der Waals surface area contributed by atoms with E-state index >= 15 is 0 Å². The summed E-state index contributed by atoms with van der Waals surface area (Å²) in [6.45, 7) is 9.50. The van der Waals surface area contributed by atoms with Crippen LogP contribution in [0.4, 0.5) is 13.2 Å². The minimum atomic E-state index is -4.17. The molecule has 0 spiro atoms. The molecule has 2 heterocycles. The van der Waals surface area contributed by atoms with Crippen molar-refractivity contribution in [3.05, 3.63) is 11.6 Å². The van der Waals surface area contributed by atoms with E-state index in [1.54, 1.807) is 6.92 Å². The molecule has 1 N–H and O–H groups in total. The summed E-state index contributed by atoms with van der Waals surface area (Å²) < 4.78 is 45.7. The molecule has 1 saturated heterocycles.